The smallest absolute Gasteiger partial charge is 0.0671 e. The zero-order valence-electron chi connectivity index (χ0n) is 6.26. The maximum Gasteiger partial charge on any atom is 0.0671 e. The summed E-state index contributed by atoms with van der Waals surface area (Å²) in [5, 5.41) is 9.18. The molecule has 0 amide bonds. The lowest BCUT2D eigenvalue weighted by molar-refractivity contribution is 1.12. The number of benzene rings is 1. The van der Waals surface area contributed by atoms with E-state index in [1.165, 1.54) is 5.39 Å². The van der Waals surface area contributed by atoms with Gasteiger partial charge in [-0.1, -0.05) is 6.07 Å². The highest BCUT2D eigenvalue weighted by Gasteiger charge is 2.01. The predicted octanol–water partition coefficient (Wildman–Crippen LogP) is 1.84. The number of fused-ring (bicyclic) bond motifs is 3. The molecule has 3 aromatic rings. The quantitative estimate of drug-likeness (QED) is 0.512. The summed E-state index contributed by atoms with van der Waals surface area (Å²) in [6.45, 7) is 0. The summed E-state index contributed by atoms with van der Waals surface area (Å²) in [4.78, 5) is 3.06. The molecule has 3 heteroatoms. The van der Waals surface area contributed by atoms with Crippen LogP contribution in [0.15, 0.2) is 24.4 Å². The van der Waals surface area contributed by atoms with Gasteiger partial charge >= 0.3 is 0 Å². The minimum absolute atomic E-state index is 1.05. The molecule has 0 saturated carbocycles. The third kappa shape index (κ3) is 0.580. The zero-order valence-corrected chi connectivity index (χ0v) is 6.26. The molecule has 12 heavy (non-hydrogen) atoms. The van der Waals surface area contributed by atoms with Crippen molar-refractivity contribution in [3.05, 3.63) is 30.6 Å². The number of hydrogen-bond donors (Lipinski definition) is 2. The number of nitrogens with one attached hydrogen (secondary N) is 2. The van der Waals surface area contributed by atoms with Crippen LogP contribution in [0, 0.1) is 6.20 Å². The molecular formula is C9H6N3. The van der Waals surface area contributed by atoms with Gasteiger partial charge in [0.15, 0.2) is 0 Å². The maximum atomic E-state index is 3.97. The van der Waals surface area contributed by atoms with Gasteiger partial charge in [-0.05, 0) is 12.1 Å². The first-order valence-corrected chi connectivity index (χ1v) is 3.76. The molecule has 1 radical (unpaired) electrons. The van der Waals surface area contributed by atoms with Crippen LogP contribution in [-0.2, 0) is 0 Å². The van der Waals surface area contributed by atoms with Gasteiger partial charge in [-0.15, -0.1) is 0 Å². The van der Waals surface area contributed by atoms with Gasteiger partial charge in [0.25, 0.3) is 0 Å². The number of H-pyrrole nitrogens is 2. The van der Waals surface area contributed by atoms with Crippen molar-refractivity contribution in [2.45, 2.75) is 0 Å². The van der Waals surface area contributed by atoms with Gasteiger partial charge in [-0.2, -0.15) is 5.10 Å². The van der Waals surface area contributed by atoms with Gasteiger partial charge < -0.3 is 4.98 Å². The molecule has 57 valence electrons. The molecule has 0 aliphatic rings. The van der Waals surface area contributed by atoms with E-state index in [9.17, 15) is 0 Å². The van der Waals surface area contributed by atoms with Gasteiger partial charge in [-0.25, -0.2) is 0 Å². The lowest BCUT2D eigenvalue weighted by atomic mass is 10.2. The molecule has 2 aromatic heterocycles. The molecule has 1 aromatic carbocycles. The molecule has 0 saturated heterocycles. The number of aromatic amines is 2. The van der Waals surface area contributed by atoms with Crippen LogP contribution < -0.4 is 0 Å². The normalized spacial score (nSPS) is 11.3. The summed E-state index contributed by atoms with van der Waals surface area (Å²) >= 11 is 0. The second-order valence-corrected chi connectivity index (χ2v) is 2.77. The van der Waals surface area contributed by atoms with E-state index in [0.717, 1.165) is 16.4 Å². The van der Waals surface area contributed by atoms with Crippen molar-refractivity contribution in [1.82, 2.24) is 15.2 Å². The van der Waals surface area contributed by atoms with Crippen LogP contribution in [0.4, 0.5) is 0 Å². The van der Waals surface area contributed by atoms with Crippen LogP contribution in [0.25, 0.3) is 21.8 Å². The highest BCUT2D eigenvalue weighted by molar-refractivity contribution is 6.03. The second-order valence-electron chi connectivity index (χ2n) is 2.77. The first kappa shape index (κ1) is 5.83. The Kier molecular flexibility index (Phi) is 0.913. The van der Waals surface area contributed by atoms with Gasteiger partial charge in [0.1, 0.15) is 0 Å². The van der Waals surface area contributed by atoms with Gasteiger partial charge in [-0.3, -0.25) is 5.10 Å². The van der Waals surface area contributed by atoms with Crippen molar-refractivity contribution in [2.75, 3.05) is 0 Å². The third-order valence-electron chi connectivity index (χ3n) is 2.08. The summed E-state index contributed by atoms with van der Waals surface area (Å²) < 4.78 is 0. The molecule has 0 unspecified atom stereocenters. The molecule has 2 N–H and O–H groups in total. The van der Waals surface area contributed by atoms with E-state index < -0.39 is 0 Å². The second kappa shape index (κ2) is 1.88. The number of nitrogens with zero attached hydrogens (tertiary/aromatic N) is 1. The van der Waals surface area contributed by atoms with Gasteiger partial charge in [0, 0.05) is 10.8 Å². The van der Waals surface area contributed by atoms with Crippen molar-refractivity contribution in [3.8, 4) is 0 Å². The topological polar surface area (TPSA) is 44.5 Å². The molecule has 0 atom stereocenters. The Morgan fingerprint density at radius 3 is 3.33 bits per heavy atom. The minimum atomic E-state index is 1.05. The molecule has 0 bridgehead atoms. The summed E-state index contributed by atoms with van der Waals surface area (Å²) in [5.41, 5.74) is 2.15. The fourth-order valence-electron chi connectivity index (χ4n) is 1.48. The number of aromatic nitrogens is 3. The molecule has 3 rings (SSSR count). The fraction of sp³-hybridized carbons (Fsp3) is 0. The Morgan fingerprint density at radius 1 is 1.33 bits per heavy atom. The maximum absolute atomic E-state index is 3.97. The van der Waals surface area contributed by atoms with E-state index in [1.807, 2.05) is 24.4 Å². The van der Waals surface area contributed by atoms with Crippen LogP contribution in [-0.4, -0.2) is 15.2 Å². The minimum Gasteiger partial charge on any atom is -0.353 e. The Hall–Kier alpha value is -1.77. The zero-order chi connectivity index (χ0) is 7.97. The van der Waals surface area contributed by atoms with Crippen molar-refractivity contribution >= 4 is 21.8 Å². The predicted molar refractivity (Wildman–Crippen MR) is 46.8 cm³/mol. The molecule has 0 fully saturated rings. The van der Waals surface area contributed by atoms with Crippen molar-refractivity contribution in [3.63, 3.8) is 0 Å². The Labute approximate surface area is 68.4 Å². The fourth-order valence-corrected chi connectivity index (χ4v) is 1.48. The van der Waals surface area contributed by atoms with Crippen molar-refractivity contribution < 1.29 is 0 Å². The van der Waals surface area contributed by atoms with Crippen molar-refractivity contribution in [1.29, 1.82) is 0 Å². The Balaban J connectivity index is 2.71. The van der Waals surface area contributed by atoms with Gasteiger partial charge in [0.2, 0.25) is 0 Å². The molecule has 3 nitrogen and oxygen atoms in total. The van der Waals surface area contributed by atoms with E-state index in [0.29, 0.717) is 0 Å². The average Bonchev–Trinajstić information content (AvgIpc) is 2.71. The highest BCUT2D eigenvalue weighted by Crippen LogP contribution is 2.21. The third-order valence-corrected chi connectivity index (χ3v) is 2.08. The molecule has 2 heterocycles. The summed E-state index contributed by atoms with van der Waals surface area (Å²) in [6.07, 6.45) is 4.77. The van der Waals surface area contributed by atoms with E-state index in [2.05, 4.69) is 21.4 Å². The first-order chi connectivity index (χ1) is 5.95. The van der Waals surface area contributed by atoms with Crippen LogP contribution in [0.1, 0.15) is 0 Å². The van der Waals surface area contributed by atoms with Crippen molar-refractivity contribution in [2.24, 2.45) is 0 Å². The van der Waals surface area contributed by atoms with E-state index in [-0.39, 0.29) is 0 Å². The Bertz CT molecular complexity index is 483. The van der Waals surface area contributed by atoms with Crippen LogP contribution in [0.3, 0.4) is 0 Å². The van der Waals surface area contributed by atoms with E-state index in [1.54, 1.807) is 0 Å². The van der Waals surface area contributed by atoms with E-state index in [4.69, 9.17) is 0 Å². The van der Waals surface area contributed by atoms with Crippen LogP contribution >= 0.6 is 0 Å². The molecule has 0 aliphatic heterocycles. The van der Waals surface area contributed by atoms with Gasteiger partial charge in [0.05, 0.1) is 23.4 Å². The Morgan fingerprint density at radius 2 is 2.33 bits per heavy atom. The standard InChI is InChI=1S/C9H6N3/c1-2-8-7(5-11-12-8)9-6(1)3-4-10-9/h1-3,5,10H,(H,11,12). The number of rotatable bonds is 0. The monoisotopic (exact) mass is 156 g/mol. The highest BCUT2D eigenvalue weighted by atomic mass is 15.1. The summed E-state index contributed by atoms with van der Waals surface area (Å²) in [7, 11) is 0. The lowest BCUT2D eigenvalue weighted by Gasteiger charge is -1.90. The average molecular weight is 156 g/mol. The first-order valence-electron chi connectivity index (χ1n) is 3.76. The molecular weight excluding hydrogens is 150 g/mol. The molecule has 0 aliphatic carbocycles. The largest absolute Gasteiger partial charge is 0.353 e. The molecule has 0 spiro atoms. The summed E-state index contributed by atoms with van der Waals surface area (Å²) in [5.74, 6) is 0. The lowest BCUT2D eigenvalue weighted by Crippen LogP contribution is -1.70. The SMILES string of the molecule is [c]1cc2ccc3[nH]ncc3c2[nH]1. The summed E-state index contributed by atoms with van der Waals surface area (Å²) in [6, 6.07) is 6.00. The van der Waals surface area contributed by atoms with E-state index >= 15 is 0 Å². The van der Waals surface area contributed by atoms with Crippen LogP contribution in [0.2, 0.25) is 0 Å². The number of hydrogen-bond acceptors (Lipinski definition) is 1. The van der Waals surface area contributed by atoms with Crippen LogP contribution in [0.5, 0.6) is 0 Å².